The molecule has 3 N–H and O–H groups in total. The van der Waals surface area contributed by atoms with E-state index in [4.69, 9.17) is 4.74 Å². The molecule has 0 aromatic carbocycles. The molecule has 3 saturated carbocycles. The largest absolute Gasteiger partial charge is 0.462 e. The zero-order valence-electron chi connectivity index (χ0n) is 22.4. The Morgan fingerprint density at radius 3 is 2.26 bits per heavy atom. The van der Waals surface area contributed by atoms with Gasteiger partial charge in [0.05, 0.1) is 18.3 Å². The van der Waals surface area contributed by atoms with Crippen molar-refractivity contribution >= 4 is 5.97 Å². The van der Waals surface area contributed by atoms with Gasteiger partial charge < -0.3 is 20.1 Å². The highest BCUT2D eigenvalue weighted by atomic mass is 16.5. The first-order chi connectivity index (χ1) is 15.9. The maximum atomic E-state index is 12.9. The Labute approximate surface area is 207 Å². The molecular weight excluding hydrogens is 428 g/mol. The van der Waals surface area contributed by atoms with E-state index in [1.807, 2.05) is 0 Å². The van der Waals surface area contributed by atoms with E-state index in [-0.39, 0.29) is 40.8 Å². The molecular formula is C29H50O5. The van der Waals surface area contributed by atoms with E-state index in [9.17, 15) is 20.1 Å². The summed E-state index contributed by atoms with van der Waals surface area (Å²) in [4.78, 5) is 12.9. The van der Waals surface area contributed by atoms with Crippen LogP contribution in [0.3, 0.4) is 0 Å². The molecule has 0 unspecified atom stereocenters. The molecule has 3 aliphatic carbocycles. The molecule has 1 aliphatic heterocycles. The van der Waals surface area contributed by atoms with Crippen LogP contribution in [0.15, 0.2) is 0 Å². The molecule has 1 saturated heterocycles. The Balaban J connectivity index is 1.56. The molecule has 12 atom stereocenters. The smallest absolute Gasteiger partial charge is 0.306 e. The average Bonchev–Trinajstić information content (AvgIpc) is 3.07. The van der Waals surface area contributed by atoms with Crippen molar-refractivity contribution in [3.63, 3.8) is 0 Å². The fourth-order valence-corrected chi connectivity index (χ4v) is 9.48. The third kappa shape index (κ3) is 4.26. The average molecular weight is 479 g/mol. The maximum absolute atomic E-state index is 12.9. The number of aliphatic hydroxyl groups is 3. The standard InChI is InChI=1S/C29H50O5/c1-7-19(16(2)3)27(33)26(32)17(4)21-8-9-22-20-15-25(31)34-24-14-18(30)10-12-29(24,6)23(20)11-13-28(21,22)5/h16-24,26-27,30,32-33H,7-15H2,1-6H3/t17-,18+,19-,20-,21+,22-,23-,24-,26+,27+,28+,29+/m0/s1. The number of fused-ring (bicyclic) bond motifs is 5. The van der Waals surface area contributed by atoms with E-state index < -0.39 is 12.2 Å². The molecule has 4 rings (SSSR count). The van der Waals surface area contributed by atoms with Gasteiger partial charge in [-0.3, -0.25) is 4.79 Å². The van der Waals surface area contributed by atoms with Crippen LogP contribution >= 0.6 is 0 Å². The van der Waals surface area contributed by atoms with Crippen molar-refractivity contribution in [3.8, 4) is 0 Å². The fraction of sp³-hybridized carbons (Fsp3) is 0.966. The summed E-state index contributed by atoms with van der Waals surface area (Å²) in [5, 5.41) is 32.6. The predicted molar refractivity (Wildman–Crippen MR) is 133 cm³/mol. The Bertz CT molecular complexity index is 738. The molecule has 5 nitrogen and oxygen atoms in total. The van der Waals surface area contributed by atoms with Crippen LogP contribution < -0.4 is 0 Å². The lowest BCUT2D eigenvalue weighted by Crippen LogP contribution is -2.53. The molecule has 0 bridgehead atoms. The van der Waals surface area contributed by atoms with Gasteiger partial charge in [-0.2, -0.15) is 0 Å². The number of carbonyl (C=O) groups is 1. The summed E-state index contributed by atoms with van der Waals surface area (Å²) in [5.41, 5.74) is 0.0217. The van der Waals surface area contributed by atoms with Gasteiger partial charge in [-0.1, -0.05) is 48.0 Å². The molecule has 5 heteroatoms. The molecule has 4 fully saturated rings. The van der Waals surface area contributed by atoms with Crippen molar-refractivity contribution in [2.45, 2.75) is 124 Å². The first kappa shape index (κ1) is 26.4. The van der Waals surface area contributed by atoms with Crippen molar-refractivity contribution in [2.24, 2.45) is 52.3 Å². The number of carbonyl (C=O) groups excluding carboxylic acids is 1. The highest BCUT2D eigenvalue weighted by Gasteiger charge is 2.62. The van der Waals surface area contributed by atoms with Crippen LogP contribution in [0.5, 0.6) is 0 Å². The minimum absolute atomic E-state index is 0.0280. The van der Waals surface area contributed by atoms with E-state index >= 15 is 0 Å². The van der Waals surface area contributed by atoms with Gasteiger partial charge in [-0.15, -0.1) is 0 Å². The molecule has 0 spiro atoms. The summed E-state index contributed by atoms with van der Waals surface area (Å²) in [6.45, 7) is 13.2. The Morgan fingerprint density at radius 2 is 1.62 bits per heavy atom. The lowest BCUT2D eigenvalue weighted by molar-refractivity contribution is -0.162. The third-order valence-corrected chi connectivity index (χ3v) is 11.6. The summed E-state index contributed by atoms with van der Waals surface area (Å²) in [7, 11) is 0. The number of rotatable bonds is 6. The fourth-order valence-electron chi connectivity index (χ4n) is 9.48. The van der Waals surface area contributed by atoms with Crippen molar-refractivity contribution < 1.29 is 24.9 Å². The topological polar surface area (TPSA) is 87.0 Å². The molecule has 0 amide bonds. The number of esters is 1. The lowest BCUT2D eigenvalue weighted by atomic mass is 9.49. The Morgan fingerprint density at radius 1 is 0.971 bits per heavy atom. The van der Waals surface area contributed by atoms with Gasteiger partial charge in [0.2, 0.25) is 0 Å². The van der Waals surface area contributed by atoms with Crippen molar-refractivity contribution in [3.05, 3.63) is 0 Å². The van der Waals surface area contributed by atoms with Gasteiger partial charge in [-0.05, 0) is 85.4 Å². The van der Waals surface area contributed by atoms with Crippen LogP contribution in [0.2, 0.25) is 0 Å². The lowest BCUT2D eigenvalue weighted by Gasteiger charge is -2.55. The first-order valence-electron chi connectivity index (χ1n) is 14.2. The van der Waals surface area contributed by atoms with Gasteiger partial charge in [0.1, 0.15) is 6.10 Å². The van der Waals surface area contributed by atoms with Crippen LogP contribution in [0, 0.1) is 52.3 Å². The quantitative estimate of drug-likeness (QED) is 0.470. The third-order valence-electron chi connectivity index (χ3n) is 11.6. The summed E-state index contributed by atoms with van der Waals surface area (Å²) < 4.78 is 6.00. The summed E-state index contributed by atoms with van der Waals surface area (Å²) in [6, 6.07) is 0. The second-order valence-electron chi connectivity index (χ2n) is 13.4. The van der Waals surface area contributed by atoms with E-state index in [1.54, 1.807) is 0 Å². The summed E-state index contributed by atoms with van der Waals surface area (Å²) >= 11 is 0. The van der Waals surface area contributed by atoms with E-state index in [0.29, 0.717) is 42.4 Å². The second kappa shape index (κ2) is 9.67. The number of aliphatic hydroxyl groups excluding tert-OH is 3. The van der Waals surface area contributed by atoms with Crippen LogP contribution in [0.4, 0.5) is 0 Å². The van der Waals surface area contributed by atoms with Gasteiger partial charge in [-0.25, -0.2) is 0 Å². The molecule has 34 heavy (non-hydrogen) atoms. The molecule has 4 aliphatic rings. The van der Waals surface area contributed by atoms with Crippen LogP contribution in [0.25, 0.3) is 0 Å². The predicted octanol–water partition coefficient (Wildman–Crippen LogP) is 4.95. The second-order valence-corrected chi connectivity index (χ2v) is 13.4. The Hall–Kier alpha value is -0.650. The van der Waals surface area contributed by atoms with Gasteiger partial charge in [0.25, 0.3) is 0 Å². The van der Waals surface area contributed by atoms with Crippen LogP contribution in [-0.4, -0.2) is 45.7 Å². The number of hydrogen-bond acceptors (Lipinski definition) is 5. The van der Waals surface area contributed by atoms with Crippen LogP contribution in [-0.2, 0) is 9.53 Å². The number of ether oxygens (including phenoxy) is 1. The first-order valence-corrected chi connectivity index (χ1v) is 14.2. The molecule has 0 aromatic heterocycles. The van der Waals surface area contributed by atoms with Crippen LogP contribution in [0.1, 0.15) is 99.3 Å². The van der Waals surface area contributed by atoms with Gasteiger partial charge in [0.15, 0.2) is 0 Å². The SMILES string of the molecule is CC[C@@H](C(C)C)[C@@H](O)[C@H](O)[C@@H](C)[C@H]1CC[C@H]2[C@@H]3CC(=O)O[C@H]4C[C@H](O)CC[C@]4(C)[C@H]3CC[C@]12C. The summed E-state index contributed by atoms with van der Waals surface area (Å²) in [5.74, 6) is 1.95. The maximum Gasteiger partial charge on any atom is 0.306 e. The molecule has 0 radical (unpaired) electrons. The van der Waals surface area contributed by atoms with E-state index in [0.717, 1.165) is 44.9 Å². The molecule has 196 valence electrons. The highest BCUT2D eigenvalue weighted by molar-refractivity contribution is 5.70. The summed E-state index contributed by atoms with van der Waals surface area (Å²) in [6.07, 6.45) is 6.06. The highest BCUT2D eigenvalue weighted by Crippen LogP contribution is 2.66. The number of hydrogen-bond donors (Lipinski definition) is 3. The zero-order chi connectivity index (χ0) is 25.0. The van der Waals surface area contributed by atoms with Crippen molar-refractivity contribution in [2.75, 3.05) is 0 Å². The normalized spacial score (nSPS) is 45.9. The minimum Gasteiger partial charge on any atom is -0.462 e. The van der Waals surface area contributed by atoms with Crippen molar-refractivity contribution in [1.29, 1.82) is 0 Å². The van der Waals surface area contributed by atoms with Gasteiger partial charge in [0, 0.05) is 18.3 Å². The minimum atomic E-state index is -0.716. The van der Waals surface area contributed by atoms with Gasteiger partial charge >= 0.3 is 5.97 Å². The zero-order valence-corrected chi connectivity index (χ0v) is 22.4. The van der Waals surface area contributed by atoms with E-state index in [2.05, 4.69) is 41.5 Å². The molecule has 1 heterocycles. The molecule has 0 aromatic rings. The monoisotopic (exact) mass is 478 g/mol. The Kier molecular flexibility index (Phi) is 7.51. The van der Waals surface area contributed by atoms with Crippen molar-refractivity contribution in [1.82, 2.24) is 0 Å². The van der Waals surface area contributed by atoms with E-state index in [1.165, 1.54) is 0 Å².